The molecule has 0 aromatic carbocycles. The number of rotatable bonds is 3. The molecule has 2 amide bonds. The van der Waals surface area contributed by atoms with Crippen molar-refractivity contribution in [3.8, 4) is 0 Å². The molecule has 24 heavy (non-hydrogen) atoms. The van der Waals surface area contributed by atoms with Gasteiger partial charge in [0.15, 0.2) is 0 Å². The van der Waals surface area contributed by atoms with Gasteiger partial charge >= 0.3 is 0 Å². The smallest absolute Gasteiger partial charge is 0.272 e. The van der Waals surface area contributed by atoms with Gasteiger partial charge in [-0.05, 0) is 31.2 Å². The summed E-state index contributed by atoms with van der Waals surface area (Å²) in [7, 11) is 0. The molecule has 1 unspecified atom stereocenters. The average molecular weight is 330 g/mol. The van der Waals surface area contributed by atoms with Gasteiger partial charge in [0.1, 0.15) is 17.6 Å². The molecular weight excluding hydrogens is 308 g/mol. The SMILES string of the molecule is O=C(CC1COC2(C1)CN(C(=O)c1ccncn1)C2)N1CCCC1. The van der Waals surface area contributed by atoms with Crippen LogP contribution in [-0.4, -0.2) is 70.0 Å². The van der Waals surface area contributed by atoms with E-state index >= 15 is 0 Å². The molecule has 128 valence electrons. The topological polar surface area (TPSA) is 75.6 Å². The molecular formula is C17H22N4O3. The predicted molar refractivity (Wildman–Crippen MR) is 85.2 cm³/mol. The minimum absolute atomic E-state index is 0.0804. The molecule has 4 heterocycles. The minimum Gasteiger partial charge on any atom is -0.371 e. The Morgan fingerprint density at radius 2 is 2.04 bits per heavy atom. The fourth-order valence-corrected chi connectivity index (χ4v) is 4.00. The molecule has 0 saturated carbocycles. The highest BCUT2D eigenvalue weighted by Gasteiger charge is 2.51. The highest BCUT2D eigenvalue weighted by Crippen LogP contribution is 2.39. The summed E-state index contributed by atoms with van der Waals surface area (Å²) >= 11 is 0. The van der Waals surface area contributed by atoms with Crippen molar-refractivity contribution in [1.29, 1.82) is 0 Å². The van der Waals surface area contributed by atoms with Crippen LogP contribution in [0.15, 0.2) is 18.6 Å². The van der Waals surface area contributed by atoms with Crippen LogP contribution in [0.1, 0.15) is 36.2 Å². The van der Waals surface area contributed by atoms with Crippen molar-refractivity contribution in [3.63, 3.8) is 0 Å². The van der Waals surface area contributed by atoms with Gasteiger partial charge in [0.25, 0.3) is 5.91 Å². The molecule has 0 radical (unpaired) electrons. The molecule has 7 nitrogen and oxygen atoms in total. The molecule has 0 bridgehead atoms. The monoisotopic (exact) mass is 330 g/mol. The number of nitrogens with zero attached hydrogens (tertiary/aromatic N) is 4. The Bertz CT molecular complexity index is 624. The van der Waals surface area contributed by atoms with Crippen LogP contribution in [0.5, 0.6) is 0 Å². The lowest BCUT2D eigenvalue weighted by Crippen LogP contribution is -2.63. The lowest BCUT2D eigenvalue weighted by atomic mass is 9.85. The number of amides is 2. The van der Waals surface area contributed by atoms with Crippen LogP contribution in [0.2, 0.25) is 0 Å². The van der Waals surface area contributed by atoms with Crippen LogP contribution in [0.25, 0.3) is 0 Å². The number of likely N-dealkylation sites (tertiary alicyclic amines) is 2. The summed E-state index contributed by atoms with van der Waals surface area (Å²) in [5.41, 5.74) is 0.164. The van der Waals surface area contributed by atoms with E-state index in [1.807, 2.05) is 4.90 Å². The maximum absolute atomic E-state index is 12.3. The van der Waals surface area contributed by atoms with E-state index in [-0.39, 0.29) is 23.3 Å². The molecule has 3 saturated heterocycles. The summed E-state index contributed by atoms with van der Waals surface area (Å²) in [5.74, 6) is 0.448. The van der Waals surface area contributed by atoms with E-state index in [1.165, 1.54) is 6.33 Å². The van der Waals surface area contributed by atoms with Gasteiger partial charge in [0, 0.05) is 25.7 Å². The summed E-state index contributed by atoms with van der Waals surface area (Å²) < 4.78 is 5.97. The van der Waals surface area contributed by atoms with Crippen molar-refractivity contribution in [2.24, 2.45) is 5.92 Å². The standard InChI is InChI=1S/C17H22N4O3/c22-15(20-5-1-2-6-20)7-13-8-17(24-9-13)10-21(11-17)16(23)14-3-4-18-12-19-14/h3-4,12-13H,1-2,5-11H2. The Hall–Kier alpha value is -2.02. The van der Waals surface area contributed by atoms with Crippen LogP contribution < -0.4 is 0 Å². The molecule has 1 aromatic heterocycles. The van der Waals surface area contributed by atoms with Crippen LogP contribution in [0.3, 0.4) is 0 Å². The fourth-order valence-electron chi connectivity index (χ4n) is 4.00. The van der Waals surface area contributed by atoms with Gasteiger partial charge in [-0.25, -0.2) is 9.97 Å². The number of aromatic nitrogens is 2. The van der Waals surface area contributed by atoms with E-state index in [0.717, 1.165) is 32.4 Å². The van der Waals surface area contributed by atoms with Gasteiger partial charge in [0.2, 0.25) is 5.91 Å². The zero-order valence-electron chi connectivity index (χ0n) is 13.7. The Kier molecular flexibility index (Phi) is 3.96. The van der Waals surface area contributed by atoms with Crippen molar-refractivity contribution in [2.45, 2.75) is 31.3 Å². The van der Waals surface area contributed by atoms with E-state index in [4.69, 9.17) is 4.74 Å². The molecule has 1 aromatic rings. The Balaban J connectivity index is 1.28. The van der Waals surface area contributed by atoms with E-state index in [0.29, 0.717) is 31.8 Å². The number of carbonyl (C=O) groups is 2. The van der Waals surface area contributed by atoms with Crippen molar-refractivity contribution < 1.29 is 14.3 Å². The molecule has 0 aliphatic carbocycles. The van der Waals surface area contributed by atoms with Gasteiger partial charge < -0.3 is 14.5 Å². The predicted octanol–water partition coefficient (Wildman–Crippen LogP) is 0.720. The zero-order chi connectivity index (χ0) is 16.6. The zero-order valence-corrected chi connectivity index (χ0v) is 13.7. The summed E-state index contributed by atoms with van der Waals surface area (Å²) in [6.07, 6.45) is 6.63. The first-order valence-corrected chi connectivity index (χ1v) is 8.62. The third-order valence-electron chi connectivity index (χ3n) is 5.25. The first-order valence-electron chi connectivity index (χ1n) is 8.62. The summed E-state index contributed by atoms with van der Waals surface area (Å²) in [5, 5.41) is 0. The molecule has 3 aliphatic heterocycles. The number of ether oxygens (including phenoxy) is 1. The summed E-state index contributed by atoms with van der Waals surface area (Å²) in [4.78, 5) is 36.1. The first kappa shape index (κ1) is 15.5. The first-order chi connectivity index (χ1) is 11.7. The maximum atomic E-state index is 12.3. The maximum Gasteiger partial charge on any atom is 0.272 e. The van der Waals surface area contributed by atoms with Gasteiger partial charge in [-0.3, -0.25) is 9.59 Å². The Labute approximate surface area is 141 Å². The van der Waals surface area contributed by atoms with Crippen LogP contribution in [0.4, 0.5) is 0 Å². The van der Waals surface area contributed by atoms with E-state index < -0.39 is 0 Å². The fraction of sp³-hybridized carbons (Fsp3) is 0.647. The van der Waals surface area contributed by atoms with Crippen LogP contribution in [0, 0.1) is 5.92 Å². The van der Waals surface area contributed by atoms with E-state index in [1.54, 1.807) is 17.2 Å². The lowest BCUT2D eigenvalue weighted by Gasteiger charge is -2.47. The van der Waals surface area contributed by atoms with Gasteiger partial charge in [-0.1, -0.05) is 0 Å². The van der Waals surface area contributed by atoms with Crippen LogP contribution in [-0.2, 0) is 9.53 Å². The summed E-state index contributed by atoms with van der Waals surface area (Å²) in [6, 6.07) is 1.63. The second kappa shape index (κ2) is 6.12. The van der Waals surface area contributed by atoms with Gasteiger partial charge in [0.05, 0.1) is 19.7 Å². The quantitative estimate of drug-likeness (QED) is 0.816. The molecule has 1 atom stereocenters. The highest BCUT2D eigenvalue weighted by atomic mass is 16.5. The second-order valence-electron chi connectivity index (χ2n) is 7.11. The van der Waals surface area contributed by atoms with Gasteiger partial charge in [-0.15, -0.1) is 0 Å². The number of hydrogen-bond donors (Lipinski definition) is 0. The van der Waals surface area contributed by atoms with Crippen molar-refractivity contribution >= 4 is 11.8 Å². The minimum atomic E-state index is -0.251. The Morgan fingerprint density at radius 1 is 1.25 bits per heavy atom. The number of hydrogen-bond acceptors (Lipinski definition) is 5. The third-order valence-corrected chi connectivity index (χ3v) is 5.25. The number of carbonyl (C=O) groups excluding carboxylic acids is 2. The highest BCUT2D eigenvalue weighted by molar-refractivity contribution is 5.93. The van der Waals surface area contributed by atoms with Crippen molar-refractivity contribution in [2.75, 3.05) is 32.8 Å². The largest absolute Gasteiger partial charge is 0.371 e. The second-order valence-corrected chi connectivity index (χ2v) is 7.11. The molecule has 0 N–H and O–H groups in total. The molecule has 7 heteroatoms. The van der Waals surface area contributed by atoms with E-state index in [9.17, 15) is 9.59 Å². The van der Waals surface area contributed by atoms with Gasteiger partial charge in [-0.2, -0.15) is 0 Å². The molecule has 3 fully saturated rings. The summed E-state index contributed by atoms with van der Waals surface area (Å²) in [6.45, 7) is 3.60. The third kappa shape index (κ3) is 2.88. The average Bonchev–Trinajstić information content (AvgIpc) is 3.23. The molecule has 1 spiro atoms. The lowest BCUT2D eigenvalue weighted by molar-refractivity contribution is -0.131. The van der Waals surface area contributed by atoms with Crippen molar-refractivity contribution in [1.82, 2.24) is 19.8 Å². The normalized spacial score (nSPS) is 25.1. The molecule has 3 aliphatic rings. The van der Waals surface area contributed by atoms with E-state index in [2.05, 4.69) is 9.97 Å². The Morgan fingerprint density at radius 3 is 2.75 bits per heavy atom. The van der Waals surface area contributed by atoms with Crippen LogP contribution >= 0.6 is 0 Å². The van der Waals surface area contributed by atoms with Crippen molar-refractivity contribution in [3.05, 3.63) is 24.3 Å². The molecule has 4 rings (SSSR count).